The molecule has 0 aromatic carbocycles. The van der Waals surface area contributed by atoms with Crippen molar-refractivity contribution in [1.82, 2.24) is 0 Å². The zero-order chi connectivity index (χ0) is 10.6. The lowest BCUT2D eigenvalue weighted by Crippen LogP contribution is -2.30. The van der Waals surface area contributed by atoms with Crippen LogP contribution in [0.5, 0.6) is 0 Å². The molecule has 1 atom stereocenters. The molecule has 3 N–H and O–H groups in total. The van der Waals surface area contributed by atoms with E-state index < -0.39 is 12.0 Å². The van der Waals surface area contributed by atoms with Gasteiger partial charge in [0.05, 0.1) is 10.9 Å². The summed E-state index contributed by atoms with van der Waals surface area (Å²) in [5.74, 6) is -1.11. The van der Waals surface area contributed by atoms with Gasteiger partial charge in [0, 0.05) is 6.42 Å². The molecule has 1 unspecified atom stereocenters. The molecule has 0 aliphatic carbocycles. The van der Waals surface area contributed by atoms with Crippen LogP contribution in [0.4, 0.5) is 0 Å². The summed E-state index contributed by atoms with van der Waals surface area (Å²) in [4.78, 5) is 22.3. The third-order valence-corrected chi connectivity index (χ3v) is 2.65. The summed E-state index contributed by atoms with van der Waals surface area (Å²) in [6.07, 6.45) is 0.115. The predicted octanol–water partition coefficient (Wildman–Crippen LogP) is 1.12. The Morgan fingerprint density at radius 3 is 2.79 bits per heavy atom. The number of carboxylic acid groups (broad SMARTS) is 1. The largest absolute Gasteiger partial charge is 0.481 e. The molecule has 14 heavy (non-hydrogen) atoms. The Hall–Kier alpha value is -1.20. The molecular weight excluding hydrogens is 202 g/mol. The first-order valence-electron chi connectivity index (χ1n) is 4.16. The van der Waals surface area contributed by atoms with Gasteiger partial charge in [0.2, 0.25) is 0 Å². The highest BCUT2D eigenvalue weighted by atomic mass is 32.1. The summed E-state index contributed by atoms with van der Waals surface area (Å²) in [6.45, 7) is 0. The first kappa shape index (κ1) is 10.9. The summed E-state index contributed by atoms with van der Waals surface area (Å²) < 4.78 is 0. The van der Waals surface area contributed by atoms with Crippen molar-refractivity contribution < 1.29 is 14.7 Å². The van der Waals surface area contributed by atoms with E-state index in [4.69, 9.17) is 10.8 Å². The summed E-state index contributed by atoms with van der Waals surface area (Å²) >= 11 is 1.32. The van der Waals surface area contributed by atoms with Crippen molar-refractivity contribution >= 4 is 23.1 Å². The highest BCUT2D eigenvalue weighted by Gasteiger charge is 2.17. The quantitative estimate of drug-likeness (QED) is 0.718. The molecule has 76 valence electrons. The summed E-state index contributed by atoms with van der Waals surface area (Å²) in [5, 5.41) is 10.2. The van der Waals surface area contributed by atoms with Gasteiger partial charge < -0.3 is 10.8 Å². The van der Waals surface area contributed by atoms with Gasteiger partial charge >= 0.3 is 5.97 Å². The monoisotopic (exact) mass is 213 g/mol. The topological polar surface area (TPSA) is 80.4 Å². The van der Waals surface area contributed by atoms with Crippen LogP contribution in [0.15, 0.2) is 17.5 Å². The summed E-state index contributed by atoms with van der Waals surface area (Å²) in [5.41, 5.74) is 5.55. The first-order chi connectivity index (χ1) is 6.61. The number of ketones is 1. The lowest BCUT2D eigenvalue weighted by Gasteiger charge is -2.06. The van der Waals surface area contributed by atoms with E-state index in [1.54, 1.807) is 17.5 Å². The molecule has 5 heteroatoms. The molecule has 0 fully saturated rings. The number of nitrogens with two attached hydrogens (primary N) is 1. The van der Waals surface area contributed by atoms with Gasteiger partial charge in [0.1, 0.15) is 0 Å². The Labute approximate surface area is 85.4 Å². The molecule has 4 nitrogen and oxygen atoms in total. The number of carbonyl (C=O) groups excluding carboxylic acids is 1. The SMILES string of the molecule is NC(CCC(=O)O)C(=O)c1cccs1. The van der Waals surface area contributed by atoms with Crippen LogP contribution >= 0.6 is 11.3 Å². The highest BCUT2D eigenvalue weighted by Crippen LogP contribution is 2.12. The zero-order valence-electron chi connectivity index (χ0n) is 7.47. The van der Waals surface area contributed by atoms with Crippen molar-refractivity contribution in [3.8, 4) is 0 Å². The third kappa shape index (κ3) is 2.93. The van der Waals surface area contributed by atoms with Gasteiger partial charge in [-0.3, -0.25) is 9.59 Å². The summed E-state index contributed by atoms with van der Waals surface area (Å²) in [6, 6.07) is 2.75. The molecule has 0 radical (unpaired) electrons. The standard InChI is InChI=1S/C9H11NO3S/c10-6(3-4-8(11)12)9(13)7-2-1-5-14-7/h1-2,5-6H,3-4,10H2,(H,11,12). The number of carboxylic acids is 1. The number of thiophene rings is 1. The molecular formula is C9H11NO3S. The normalized spacial score (nSPS) is 12.4. The minimum absolute atomic E-state index is 0.0711. The number of hydrogen-bond acceptors (Lipinski definition) is 4. The van der Waals surface area contributed by atoms with Crippen molar-refractivity contribution in [3.05, 3.63) is 22.4 Å². The second-order valence-electron chi connectivity index (χ2n) is 2.88. The Morgan fingerprint density at radius 2 is 2.29 bits per heavy atom. The van der Waals surface area contributed by atoms with Gasteiger partial charge in [-0.2, -0.15) is 0 Å². The van der Waals surface area contributed by atoms with Crippen LogP contribution in [0.1, 0.15) is 22.5 Å². The average molecular weight is 213 g/mol. The Balaban J connectivity index is 2.49. The lowest BCUT2D eigenvalue weighted by atomic mass is 10.1. The van der Waals surface area contributed by atoms with Crippen molar-refractivity contribution in [2.24, 2.45) is 5.73 Å². The van der Waals surface area contributed by atoms with Crippen molar-refractivity contribution in [1.29, 1.82) is 0 Å². The fourth-order valence-corrected chi connectivity index (χ4v) is 1.74. The first-order valence-corrected chi connectivity index (χ1v) is 5.04. The minimum Gasteiger partial charge on any atom is -0.481 e. The van der Waals surface area contributed by atoms with Gasteiger partial charge in [-0.15, -0.1) is 11.3 Å². The van der Waals surface area contributed by atoms with E-state index in [0.717, 1.165) is 0 Å². The maximum atomic E-state index is 11.5. The van der Waals surface area contributed by atoms with E-state index in [2.05, 4.69) is 0 Å². The molecule has 1 aromatic heterocycles. The zero-order valence-corrected chi connectivity index (χ0v) is 8.29. The fourth-order valence-electron chi connectivity index (χ4n) is 1.01. The molecule has 0 spiro atoms. The van der Waals surface area contributed by atoms with Crippen LogP contribution < -0.4 is 5.73 Å². The van der Waals surface area contributed by atoms with E-state index in [-0.39, 0.29) is 18.6 Å². The predicted molar refractivity (Wildman–Crippen MR) is 53.5 cm³/mol. The number of Topliss-reactive ketones (excluding diaryl/α,β-unsaturated/α-hetero) is 1. The molecule has 0 aliphatic rings. The van der Waals surface area contributed by atoms with E-state index >= 15 is 0 Å². The molecule has 0 saturated carbocycles. The molecule has 1 heterocycles. The van der Waals surface area contributed by atoms with Gasteiger partial charge in [-0.1, -0.05) is 6.07 Å². The summed E-state index contributed by atoms with van der Waals surface area (Å²) in [7, 11) is 0. The minimum atomic E-state index is -0.931. The van der Waals surface area contributed by atoms with Gasteiger partial charge in [0.15, 0.2) is 5.78 Å². The third-order valence-electron chi connectivity index (χ3n) is 1.77. The van der Waals surface area contributed by atoms with Crippen LogP contribution in [0.25, 0.3) is 0 Å². The van der Waals surface area contributed by atoms with E-state index in [9.17, 15) is 9.59 Å². The van der Waals surface area contributed by atoms with Crippen LogP contribution in [-0.4, -0.2) is 22.9 Å². The molecule has 0 amide bonds. The molecule has 0 aliphatic heterocycles. The molecule has 1 rings (SSSR count). The van der Waals surface area contributed by atoms with Crippen LogP contribution in [0.2, 0.25) is 0 Å². The maximum absolute atomic E-state index is 11.5. The highest BCUT2D eigenvalue weighted by molar-refractivity contribution is 7.12. The molecule has 1 aromatic rings. The van der Waals surface area contributed by atoms with Gasteiger partial charge in [0.25, 0.3) is 0 Å². The Bertz CT molecular complexity index is 321. The van der Waals surface area contributed by atoms with E-state index in [1.165, 1.54) is 11.3 Å². The van der Waals surface area contributed by atoms with Crippen LogP contribution in [-0.2, 0) is 4.79 Å². The lowest BCUT2D eigenvalue weighted by molar-refractivity contribution is -0.137. The second kappa shape index (κ2) is 4.88. The van der Waals surface area contributed by atoms with Gasteiger partial charge in [-0.25, -0.2) is 0 Å². The second-order valence-corrected chi connectivity index (χ2v) is 3.83. The van der Waals surface area contributed by atoms with E-state index in [0.29, 0.717) is 4.88 Å². The number of carbonyl (C=O) groups is 2. The number of hydrogen-bond donors (Lipinski definition) is 2. The maximum Gasteiger partial charge on any atom is 0.303 e. The Kier molecular flexibility index (Phi) is 3.79. The number of rotatable bonds is 5. The Morgan fingerprint density at radius 1 is 1.57 bits per heavy atom. The van der Waals surface area contributed by atoms with Crippen LogP contribution in [0.3, 0.4) is 0 Å². The van der Waals surface area contributed by atoms with Crippen molar-refractivity contribution in [3.63, 3.8) is 0 Å². The molecule has 0 saturated heterocycles. The smallest absolute Gasteiger partial charge is 0.303 e. The van der Waals surface area contributed by atoms with Crippen LogP contribution in [0, 0.1) is 0 Å². The number of aliphatic carboxylic acids is 1. The van der Waals surface area contributed by atoms with Gasteiger partial charge in [-0.05, 0) is 17.9 Å². The fraction of sp³-hybridized carbons (Fsp3) is 0.333. The van der Waals surface area contributed by atoms with E-state index in [1.807, 2.05) is 0 Å². The van der Waals surface area contributed by atoms with Crippen molar-refractivity contribution in [2.75, 3.05) is 0 Å². The van der Waals surface area contributed by atoms with Crippen molar-refractivity contribution in [2.45, 2.75) is 18.9 Å². The average Bonchev–Trinajstić information content (AvgIpc) is 2.65. The molecule has 0 bridgehead atoms.